The van der Waals surface area contributed by atoms with Crippen molar-refractivity contribution < 1.29 is 20.4 Å². The molecule has 0 heterocycles. The molecule has 0 spiro atoms. The third-order valence-electron chi connectivity index (χ3n) is 1.77. The molecule has 0 amide bonds. The third kappa shape index (κ3) is 3.10. The summed E-state index contributed by atoms with van der Waals surface area (Å²) >= 11 is 2.24. The van der Waals surface area contributed by atoms with Crippen LogP contribution in [-0.4, -0.2) is 8.07 Å². The molecular formula is C9H15SiTi. The fourth-order valence-corrected chi connectivity index (χ4v) is 3.73. The average Bonchev–Trinajstić information content (AvgIpc) is 2.12. The van der Waals surface area contributed by atoms with Crippen LogP contribution in [0.5, 0.6) is 0 Å². The Hall–Kier alpha value is 0.411. The second kappa shape index (κ2) is 3.42. The molecule has 11 heavy (non-hydrogen) atoms. The van der Waals surface area contributed by atoms with Crippen molar-refractivity contribution in [2.45, 2.75) is 32.1 Å². The van der Waals surface area contributed by atoms with Crippen LogP contribution in [0.15, 0.2) is 21.6 Å². The summed E-state index contributed by atoms with van der Waals surface area (Å²) in [6.45, 7) is 7.31. The Morgan fingerprint density at radius 2 is 2.09 bits per heavy atom. The zero-order chi connectivity index (χ0) is 8.48. The maximum absolute atomic E-state index is 2.44. The predicted octanol–water partition coefficient (Wildman–Crippen LogP) is 3.09. The molecule has 0 aromatic heterocycles. The molecule has 0 aliphatic heterocycles. The van der Waals surface area contributed by atoms with Crippen LogP contribution < -0.4 is 0 Å². The van der Waals surface area contributed by atoms with Gasteiger partial charge in [-0.25, -0.2) is 0 Å². The number of allylic oxidation sites excluding steroid dienone is 4. The molecule has 0 bridgehead atoms. The van der Waals surface area contributed by atoms with Crippen LogP contribution in [0.25, 0.3) is 0 Å². The molecular weight excluding hydrogens is 184 g/mol. The van der Waals surface area contributed by atoms with E-state index in [2.05, 4.69) is 52.2 Å². The van der Waals surface area contributed by atoms with Crippen molar-refractivity contribution in [3.63, 3.8) is 0 Å². The summed E-state index contributed by atoms with van der Waals surface area (Å²) in [5, 5.41) is 0. The van der Waals surface area contributed by atoms with Crippen LogP contribution in [-0.2, 0) is 20.4 Å². The van der Waals surface area contributed by atoms with Crippen molar-refractivity contribution >= 4 is 8.07 Å². The summed E-state index contributed by atoms with van der Waals surface area (Å²) in [7, 11) is -0.862. The van der Waals surface area contributed by atoms with E-state index in [1.165, 1.54) is 16.3 Å². The Kier molecular flexibility index (Phi) is 2.96. The molecule has 0 N–H and O–H groups in total. The molecule has 1 aliphatic carbocycles. The first kappa shape index (κ1) is 9.50. The van der Waals surface area contributed by atoms with Gasteiger partial charge in [0.25, 0.3) is 0 Å². The van der Waals surface area contributed by atoms with Crippen molar-refractivity contribution in [1.29, 1.82) is 0 Å². The summed E-state index contributed by atoms with van der Waals surface area (Å²) in [6.07, 6.45) is 5.76. The molecule has 0 unspecified atom stereocenters. The number of rotatable bonds is 2. The van der Waals surface area contributed by atoms with Crippen LogP contribution >= 0.6 is 0 Å². The Morgan fingerprint density at radius 1 is 1.45 bits per heavy atom. The van der Waals surface area contributed by atoms with E-state index in [0.717, 1.165) is 0 Å². The summed E-state index contributed by atoms with van der Waals surface area (Å²) < 4.78 is 1.52. The Balaban J connectivity index is 2.59. The SMILES string of the molecule is C[Si](C)(C)CC1=[C]([Ti])C=CC1. The van der Waals surface area contributed by atoms with Gasteiger partial charge in [-0.15, -0.1) is 0 Å². The second-order valence-electron chi connectivity index (χ2n) is 4.36. The van der Waals surface area contributed by atoms with E-state index in [1.54, 1.807) is 5.57 Å². The van der Waals surface area contributed by atoms with Crippen LogP contribution in [0.3, 0.4) is 0 Å². The van der Waals surface area contributed by atoms with E-state index >= 15 is 0 Å². The summed E-state index contributed by atoms with van der Waals surface area (Å²) in [5.74, 6) is 0. The molecule has 0 aromatic rings. The van der Waals surface area contributed by atoms with Crippen LogP contribution in [0.2, 0.25) is 25.7 Å². The minimum absolute atomic E-state index is 0.862. The molecule has 0 radical (unpaired) electrons. The normalized spacial score (nSPS) is 18.0. The molecule has 1 rings (SSSR count). The molecule has 59 valence electrons. The van der Waals surface area contributed by atoms with Gasteiger partial charge < -0.3 is 0 Å². The molecule has 0 nitrogen and oxygen atoms in total. The molecule has 0 fully saturated rings. The average molecular weight is 199 g/mol. The standard InChI is InChI=1S/C9H15Si.Ti/c1-10(2,3)8-9-6-4-5-7-9;/h4-5H,6,8H2,1-3H3;. The molecule has 0 aromatic carbocycles. The van der Waals surface area contributed by atoms with Gasteiger partial charge in [-0.1, -0.05) is 0 Å². The van der Waals surface area contributed by atoms with Crippen LogP contribution in [0.4, 0.5) is 0 Å². The molecule has 0 saturated heterocycles. The molecule has 0 saturated carbocycles. The van der Waals surface area contributed by atoms with Crippen molar-refractivity contribution in [1.82, 2.24) is 0 Å². The molecule has 0 atom stereocenters. The van der Waals surface area contributed by atoms with Gasteiger partial charge in [-0.2, -0.15) is 0 Å². The van der Waals surface area contributed by atoms with E-state index in [0.29, 0.717) is 0 Å². The van der Waals surface area contributed by atoms with Crippen molar-refractivity contribution in [2.75, 3.05) is 0 Å². The first-order valence-electron chi connectivity index (χ1n) is 4.09. The van der Waals surface area contributed by atoms with Gasteiger partial charge in [0.05, 0.1) is 0 Å². The van der Waals surface area contributed by atoms with Crippen molar-refractivity contribution in [2.24, 2.45) is 0 Å². The van der Waals surface area contributed by atoms with Gasteiger partial charge in [0, 0.05) is 0 Å². The topological polar surface area (TPSA) is 0 Å². The van der Waals surface area contributed by atoms with Gasteiger partial charge >= 0.3 is 82.2 Å². The van der Waals surface area contributed by atoms with E-state index in [9.17, 15) is 0 Å². The monoisotopic (exact) mass is 199 g/mol. The predicted molar refractivity (Wildman–Crippen MR) is 48.9 cm³/mol. The van der Waals surface area contributed by atoms with Gasteiger partial charge in [0.15, 0.2) is 0 Å². The van der Waals surface area contributed by atoms with Gasteiger partial charge in [-0.3, -0.25) is 0 Å². The van der Waals surface area contributed by atoms with Crippen LogP contribution in [0.1, 0.15) is 6.42 Å². The number of hydrogen-bond acceptors (Lipinski definition) is 0. The second-order valence-corrected chi connectivity index (χ2v) is 10.7. The Bertz CT molecular complexity index is 208. The van der Waals surface area contributed by atoms with Crippen molar-refractivity contribution in [3.05, 3.63) is 21.6 Å². The first-order chi connectivity index (χ1) is 4.99. The summed E-state index contributed by atoms with van der Waals surface area (Å²) in [5.41, 5.74) is 1.68. The Labute approximate surface area is 82.2 Å². The minimum atomic E-state index is -0.862. The molecule has 1 aliphatic rings. The first-order valence-corrected chi connectivity index (χ1v) is 8.58. The van der Waals surface area contributed by atoms with Gasteiger partial charge in [0.2, 0.25) is 0 Å². The maximum atomic E-state index is 2.44. The van der Waals surface area contributed by atoms with E-state index < -0.39 is 8.07 Å². The zero-order valence-corrected chi connectivity index (χ0v) is 10.1. The fraction of sp³-hybridized carbons (Fsp3) is 0.556. The Morgan fingerprint density at radius 3 is 2.45 bits per heavy atom. The van der Waals surface area contributed by atoms with Crippen LogP contribution in [0, 0.1) is 0 Å². The number of hydrogen-bond donors (Lipinski definition) is 0. The van der Waals surface area contributed by atoms with Gasteiger partial charge in [-0.05, 0) is 0 Å². The van der Waals surface area contributed by atoms with E-state index in [1.807, 2.05) is 0 Å². The summed E-state index contributed by atoms with van der Waals surface area (Å²) in [6, 6.07) is 1.38. The quantitative estimate of drug-likeness (QED) is 0.599. The van der Waals surface area contributed by atoms with E-state index in [-0.39, 0.29) is 0 Å². The zero-order valence-electron chi connectivity index (χ0n) is 7.57. The third-order valence-corrected chi connectivity index (χ3v) is 4.07. The fourth-order valence-electron chi connectivity index (χ4n) is 1.35. The van der Waals surface area contributed by atoms with Gasteiger partial charge in [0.1, 0.15) is 0 Å². The van der Waals surface area contributed by atoms with Crippen molar-refractivity contribution in [3.8, 4) is 0 Å². The summed E-state index contributed by atoms with van der Waals surface area (Å²) in [4.78, 5) is 0. The van der Waals surface area contributed by atoms with E-state index in [4.69, 9.17) is 0 Å². The molecule has 2 heteroatoms.